The molecule has 1 aromatic carbocycles. The highest BCUT2D eigenvalue weighted by Crippen LogP contribution is 2.22. The van der Waals surface area contributed by atoms with Gasteiger partial charge in [0.1, 0.15) is 18.2 Å². The second-order valence-electron chi connectivity index (χ2n) is 7.64. The van der Waals surface area contributed by atoms with Crippen LogP contribution in [0.2, 0.25) is 0 Å². The molecule has 1 N–H and O–H groups in total. The maximum atomic E-state index is 12.4. The number of rotatable bonds is 4. The van der Waals surface area contributed by atoms with E-state index in [1.165, 1.54) is 12.0 Å². The number of amides is 2. The van der Waals surface area contributed by atoms with E-state index < -0.39 is 29.8 Å². The summed E-state index contributed by atoms with van der Waals surface area (Å²) in [5, 5.41) is 2.76. The molecule has 0 saturated carbocycles. The van der Waals surface area contributed by atoms with Crippen molar-refractivity contribution in [3.05, 3.63) is 35.9 Å². The molecule has 8 nitrogen and oxygen atoms in total. The third-order valence-corrected chi connectivity index (χ3v) is 4.24. The van der Waals surface area contributed by atoms with E-state index in [4.69, 9.17) is 14.2 Å². The van der Waals surface area contributed by atoms with Crippen LogP contribution in [0.5, 0.6) is 0 Å². The van der Waals surface area contributed by atoms with Gasteiger partial charge in [-0.25, -0.2) is 14.4 Å². The second kappa shape index (κ2) is 9.43. The lowest BCUT2D eigenvalue weighted by molar-refractivity contribution is -0.148. The van der Waals surface area contributed by atoms with Gasteiger partial charge in [-0.2, -0.15) is 0 Å². The van der Waals surface area contributed by atoms with Gasteiger partial charge in [0.15, 0.2) is 0 Å². The molecule has 2 atom stereocenters. The number of nitrogens with one attached hydrogen (secondary N) is 1. The first-order valence-electron chi connectivity index (χ1n) is 9.24. The molecule has 1 aromatic rings. The number of carbonyl (C=O) groups is 3. The third-order valence-electron chi connectivity index (χ3n) is 4.24. The molecular formula is C20H28N2O6. The fraction of sp³-hybridized carbons (Fsp3) is 0.550. The second-order valence-corrected chi connectivity index (χ2v) is 7.64. The van der Waals surface area contributed by atoms with Crippen molar-refractivity contribution in [3.8, 4) is 0 Å². The van der Waals surface area contributed by atoms with Gasteiger partial charge in [-0.15, -0.1) is 0 Å². The van der Waals surface area contributed by atoms with Gasteiger partial charge in [-0.05, 0) is 39.2 Å². The van der Waals surface area contributed by atoms with Crippen LogP contribution in [0.1, 0.15) is 39.2 Å². The van der Waals surface area contributed by atoms with Crippen LogP contribution in [-0.4, -0.2) is 54.4 Å². The Labute approximate surface area is 165 Å². The monoisotopic (exact) mass is 392 g/mol. The van der Waals surface area contributed by atoms with Gasteiger partial charge in [0.2, 0.25) is 0 Å². The predicted octanol–water partition coefficient (Wildman–Crippen LogP) is 2.85. The van der Waals surface area contributed by atoms with Crippen LogP contribution >= 0.6 is 0 Å². The number of esters is 1. The van der Waals surface area contributed by atoms with Gasteiger partial charge >= 0.3 is 18.2 Å². The van der Waals surface area contributed by atoms with Crippen molar-refractivity contribution in [3.63, 3.8) is 0 Å². The summed E-state index contributed by atoms with van der Waals surface area (Å²) in [7, 11) is 1.26. The quantitative estimate of drug-likeness (QED) is 0.625. The number of carbonyl (C=O) groups excluding carboxylic acids is 3. The highest BCUT2D eigenvalue weighted by molar-refractivity contribution is 5.82. The molecule has 2 rings (SSSR count). The Morgan fingerprint density at radius 2 is 1.86 bits per heavy atom. The highest BCUT2D eigenvalue weighted by atomic mass is 16.6. The minimum Gasteiger partial charge on any atom is -0.467 e. The van der Waals surface area contributed by atoms with E-state index in [2.05, 4.69) is 5.32 Å². The van der Waals surface area contributed by atoms with Gasteiger partial charge in [0.05, 0.1) is 7.11 Å². The summed E-state index contributed by atoms with van der Waals surface area (Å²) in [6.07, 6.45) is -0.435. The molecule has 0 aromatic heterocycles. The number of methoxy groups -OCH3 is 1. The number of nitrogens with zero attached hydrogens (tertiary/aromatic N) is 1. The van der Waals surface area contributed by atoms with Crippen molar-refractivity contribution in [2.45, 2.75) is 57.9 Å². The Morgan fingerprint density at radius 1 is 1.18 bits per heavy atom. The van der Waals surface area contributed by atoms with Crippen LogP contribution in [0.3, 0.4) is 0 Å². The fourth-order valence-electron chi connectivity index (χ4n) is 2.93. The van der Waals surface area contributed by atoms with Crippen molar-refractivity contribution < 1.29 is 28.6 Å². The van der Waals surface area contributed by atoms with Crippen LogP contribution in [0, 0.1) is 0 Å². The van der Waals surface area contributed by atoms with Gasteiger partial charge in [0.25, 0.3) is 0 Å². The molecule has 2 amide bonds. The summed E-state index contributed by atoms with van der Waals surface area (Å²) in [5.74, 6) is -0.546. The molecule has 28 heavy (non-hydrogen) atoms. The average Bonchev–Trinajstić information content (AvgIpc) is 2.65. The summed E-state index contributed by atoms with van der Waals surface area (Å²) in [6.45, 7) is 5.70. The van der Waals surface area contributed by atoms with Gasteiger partial charge < -0.3 is 19.5 Å². The lowest BCUT2D eigenvalue weighted by Crippen LogP contribution is -2.56. The molecule has 1 heterocycles. The molecule has 1 saturated heterocycles. The van der Waals surface area contributed by atoms with E-state index in [-0.39, 0.29) is 25.6 Å². The Balaban J connectivity index is 1.93. The van der Waals surface area contributed by atoms with Crippen LogP contribution < -0.4 is 5.32 Å². The van der Waals surface area contributed by atoms with Crippen LogP contribution in [0.25, 0.3) is 0 Å². The Hall–Kier alpha value is -2.77. The molecule has 1 aliphatic heterocycles. The smallest absolute Gasteiger partial charge is 0.411 e. The summed E-state index contributed by atoms with van der Waals surface area (Å²) in [6, 6.07) is 8.20. The van der Waals surface area contributed by atoms with E-state index >= 15 is 0 Å². The zero-order valence-corrected chi connectivity index (χ0v) is 16.8. The van der Waals surface area contributed by atoms with E-state index in [1.54, 1.807) is 20.8 Å². The number of alkyl carbamates (subject to hydrolysis) is 1. The van der Waals surface area contributed by atoms with Crippen molar-refractivity contribution in [2.24, 2.45) is 0 Å². The molecule has 0 aliphatic carbocycles. The van der Waals surface area contributed by atoms with E-state index in [1.807, 2.05) is 30.3 Å². The standard InChI is InChI=1S/C20H28N2O6/c1-20(2,3)28-19(25)22-11-10-15(12-16(22)17(23)26-4)21-18(24)27-13-14-8-6-5-7-9-14/h5-9,15-16H,10-13H2,1-4H3,(H,21,24)/t15-,16+/m1/s1. The first kappa shape index (κ1) is 21.5. The molecule has 0 bridgehead atoms. The Kier molecular flexibility index (Phi) is 7.25. The molecule has 8 heteroatoms. The predicted molar refractivity (Wildman–Crippen MR) is 102 cm³/mol. The molecular weight excluding hydrogens is 364 g/mol. The number of ether oxygens (including phenoxy) is 3. The summed E-state index contributed by atoms with van der Waals surface area (Å²) >= 11 is 0. The summed E-state index contributed by atoms with van der Waals surface area (Å²) in [5.41, 5.74) is 0.207. The number of hydrogen-bond donors (Lipinski definition) is 1. The number of piperidine rings is 1. The van der Waals surface area contributed by atoms with Crippen LogP contribution in [0.15, 0.2) is 30.3 Å². The van der Waals surface area contributed by atoms with Crippen LogP contribution in [0.4, 0.5) is 9.59 Å². The molecule has 154 valence electrons. The van der Waals surface area contributed by atoms with E-state index in [0.29, 0.717) is 6.42 Å². The zero-order chi connectivity index (χ0) is 20.7. The van der Waals surface area contributed by atoms with Crippen molar-refractivity contribution in [1.82, 2.24) is 10.2 Å². The summed E-state index contributed by atoms with van der Waals surface area (Å²) < 4.78 is 15.4. The van der Waals surface area contributed by atoms with Crippen molar-refractivity contribution in [1.29, 1.82) is 0 Å². The largest absolute Gasteiger partial charge is 0.467 e. The lowest BCUT2D eigenvalue weighted by atomic mass is 9.97. The minimum atomic E-state index is -0.826. The SMILES string of the molecule is COC(=O)[C@@H]1C[C@H](NC(=O)OCc2ccccc2)CCN1C(=O)OC(C)(C)C. The number of benzene rings is 1. The molecule has 1 fully saturated rings. The summed E-state index contributed by atoms with van der Waals surface area (Å²) in [4.78, 5) is 38.0. The fourth-order valence-corrected chi connectivity index (χ4v) is 2.93. The molecule has 0 spiro atoms. The highest BCUT2D eigenvalue weighted by Gasteiger charge is 2.39. The average molecular weight is 392 g/mol. The normalized spacial score (nSPS) is 19.5. The molecule has 1 aliphatic rings. The Morgan fingerprint density at radius 3 is 2.46 bits per heavy atom. The van der Waals surface area contributed by atoms with Gasteiger partial charge in [-0.3, -0.25) is 4.90 Å². The van der Waals surface area contributed by atoms with Crippen LogP contribution in [-0.2, 0) is 25.6 Å². The number of hydrogen-bond acceptors (Lipinski definition) is 6. The first-order valence-corrected chi connectivity index (χ1v) is 9.24. The van der Waals surface area contributed by atoms with Gasteiger partial charge in [-0.1, -0.05) is 30.3 Å². The maximum Gasteiger partial charge on any atom is 0.411 e. The van der Waals surface area contributed by atoms with E-state index in [9.17, 15) is 14.4 Å². The zero-order valence-electron chi connectivity index (χ0n) is 16.8. The van der Waals surface area contributed by atoms with Gasteiger partial charge in [0, 0.05) is 12.6 Å². The molecule has 0 unspecified atom stereocenters. The number of likely N-dealkylation sites (tertiary alicyclic amines) is 1. The maximum absolute atomic E-state index is 12.4. The topological polar surface area (TPSA) is 94.2 Å². The Bertz CT molecular complexity index is 686. The minimum absolute atomic E-state index is 0.157. The van der Waals surface area contributed by atoms with Crippen molar-refractivity contribution in [2.75, 3.05) is 13.7 Å². The molecule has 0 radical (unpaired) electrons. The van der Waals surface area contributed by atoms with Crippen molar-refractivity contribution >= 4 is 18.2 Å². The lowest BCUT2D eigenvalue weighted by Gasteiger charge is -2.38. The van der Waals surface area contributed by atoms with E-state index in [0.717, 1.165) is 5.56 Å². The first-order chi connectivity index (χ1) is 13.2. The third kappa shape index (κ3) is 6.44.